The monoisotopic (exact) mass is 214 g/mol. The first-order valence-electron chi connectivity index (χ1n) is 5.97. The molecule has 0 aromatic carbocycles. The van der Waals surface area contributed by atoms with Gasteiger partial charge in [0.15, 0.2) is 0 Å². The fourth-order valence-corrected chi connectivity index (χ4v) is 1.92. The Bertz CT molecular complexity index is 204. The van der Waals surface area contributed by atoms with Crippen LogP contribution in [0.2, 0.25) is 0 Å². The first-order chi connectivity index (χ1) is 6.85. The molecule has 2 unspecified atom stereocenters. The quantitative estimate of drug-likeness (QED) is 0.719. The van der Waals surface area contributed by atoms with Crippen LogP contribution in [0.1, 0.15) is 34.1 Å². The molecular weight excluding hydrogens is 188 g/mol. The molecule has 0 aliphatic heterocycles. The minimum atomic E-state index is -0.127. The molecule has 3 nitrogen and oxygen atoms in total. The Hall–Kier alpha value is -0.120. The summed E-state index contributed by atoms with van der Waals surface area (Å²) in [6.45, 7) is 10.7. The largest absolute Gasteiger partial charge is 0.392 e. The average Bonchev–Trinajstić information content (AvgIpc) is 2.16. The lowest BCUT2D eigenvalue weighted by molar-refractivity contribution is -0.0726. The number of aliphatic hydroxyl groups is 1. The third-order valence-electron chi connectivity index (χ3n) is 3.95. The van der Waals surface area contributed by atoms with Gasteiger partial charge in [0.25, 0.3) is 0 Å². The van der Waals surface area contributed by atoms with Crippen molar-refractivity contribution in [2.75, 3.05) is 20.1 Å². The molecule has 0 aromatic heterocycles. The van der Waals surface area contributed by atoms with E-state index in [1.165, 1.54) is 0 Å². The van der Waals surface area contributed by atoms with E-state index >= 15 is 0 Å². The maximum Gasteiger partial charge on any atom is 0.0621 e. The van der Waals surface area contributed by atoms with Crippen LogP contribution in [-0.2, 0) is 0 Å². The summed E-state index contributed by atoms with van der Waals surface area (Å²) in [5, 5.41) is 13.1. The van der Waals surface area contributed by atoms with Gasteiger partial charge in [0, 0.05) is 30.6 Å². The van der Waals surface area contributed by atoms with Crippen LogP contribution < -0.4 is 5.32 Å². The molecule has 1 fully saturated rings. The van der Waals surface area contributed by atoms with Gasteiger partial charge in [-0.25, -0.2) is 0 Å². The Labute approximate surface area is 93.9 Å². The Kier molecular flexibility index (Phi) is 4.15. The van der Waals surface area contributed by atoms with Gasteiger partial charge >= 0.3 is 0 Å². The molecule has 2 atom stereocenters. The molecule has 3 heteroatoms. The summed E-state index contributed by atoms with van der Waals surface area (Å²) in [5.74, 6) is 0. The van der Waals surface area contributed by atoms with Crippen LogP contribution in [0.5, 0.6) is 0 Å². The zero-order valence-electron chi connectivity index (χ0n) is 10.7. The predicted molar refractivity (Wildman–Crippen MR) is 64.0 cm³/mol. The average molecular weight is 214 g/mol. The minimum Gasteiger partial charge on any atom is -0.392 e. The van der Waals surface area contributed by atoms with Crippen molar-refractivity contribution in [1.82, 2.24) is 10.2 Å². The standard InChI is InChI=1S/C12H26N2O/c1-9(2)14(5)7-6-13-10-8-11(15)12(10,3)4/h9-11,13,15H,6-8H2,1-5H3. The maximum atomic E-state index is 9.59. The third-order valence-corrected chi connectivity index (χ3v) is 3.95. The molecule has 0 heterocycles. The summed E-state index contributed by atoms with van der Waals surface area (Å²) in [4.78, 5) is 2.33. The molecule has 0 radical (unpaired) electrons. The van der Waals surface area contributed by atoms with Gasteiger partial charge in [0.1, 0.15) is 0 Å². The fraction of sp³-hybridized carbons (Fsp3) is 1.00. The van der Waals surface area contributed by atoms with E-state index in [-0.39, 0.29) is 11.5 Å². The van der Waals surface area contributed by atoms with Crippen molar-refractivity contribution < 1.29 is 5.11 Å². The van der Waals surface area contributed by atoms with E-state index in [1.807, 2.05) is 0 Å². The summed E-state index contributed by atoms with van der Waals surface area (Å²) in [5.41, 5.74) is 0.0520. The molecule has 0 aromatic rings. The van der Waals surface area contributed by atoms with Crippen LogP contribution in [0.25, 0.3) is 0 Å². The SMILES string of the molecule is CC(C)N(C)CCNC1CC(O)C1(C)C. The second-order valence-electron chi connectivity index (χ2n) is 5.65. The number of aliphatic hydroxyl groups excluding tert-OH is 1. The van der Waals surface area contributed by atoms with Crippen LogP contribution in [0, 0.1) is 5.41 Å². The first kappa shape index (κ1) is 12.9. The predicted octanol–water partition coefficient (Wildman–Crippen LogP) is 1.08. The molecule has 2 N–H and O–H groups in total. The van der Waals surface area contributed by atoms with E-state index in [1.54, 1.807) is 0 Å². The van der Waals surface area contributed by atoms with Gasteiger partial charge in [-0.05, 0) is 27.3 Å². The molecule has 1 aliphatic rings. The molecular formula is C12H26N2O. The third kappa shape index (κ3) is 2.92. The van der Waals surface area contributed by atoms with Crippen molar-refractivity contribution in [3.05, 3.63) is 0 Å². The van der Waals surface area contributed by atoms with Gasteiger partial charge in [-0.15, -0.1) is 0 Å². The van der Waals surface area contributed by atoms with Crippen molar-refractivity contribution in [1.29, 1.82) is 0 Å². The van der Waals surface area contributed by atoms with Gasteiger partial charge < -0.3 is 15.3 Å². The molecule has 1 aliphatic carbocycles. The summed E-state index contributed by atoms with van der Waals surface area (Å²) in [6.07, 6.45) is 0.774. The van der Waals surface area contributed by atoms with E-state index < -0.39 is 0 Å². The highest BCUT2D eigenvalue weighted by atomic mass is 16.3. The van der Waals surface area contributed by atoms with Crippen LogP contribution in [0.4, 0.5) is 0 Å². The summed E-state index contributed by atoms with van der Waals surface area (Å²) in [6, 6.07) is 1.08. The molecule has 90 valence electrons. The number of hydrogen-bond acceptors (Lipinski definition) is 3. The molecule has 0 saturated heterocycles. The van der Waals surface area contributed by atoms with E-state index in [4.69, 9.17) is 0 Å². The lowest BCUT2D eigenvalue weighted by Crippen LogP contribution is -2.60. The topological polar surface area (TPSA) is 35.5 Å². The maximum absolute atomic E-state index is 9.59. The van der Waals surface area contributed by atoms with Gasteiger partial charge in [-0.2, -0.15) is 0 Å². The summed E-state index contributed by atoms with van der Waals surface area (Å²) in [7, 11) is 2.15. The van der Waals surface area contributed by atoms with E-state index in [9.17, 15) is 5.11 Å². The number of likely N-dealkylation sites (N-methyl/N-ethyl adjacent to an activating group) is 1. The number of nitrogens with zero attached hydrogens (tertiary/aromatic N) is 1. The minimum absolute atomic E-state index is 0.0520. The highest BCUT2D eigenvalue weighted by molar-refractivity contribution is 5.01. The second kappa shape index (κ2) is 4.81. The lowest BCUT2D eigenvalue weighted by atomic mass is 9.64. The van der Waals surface area contributed by atoms with Crippen LogP contribution >= 0.6 is 0 Å². The Balaban J connectivity index is 2.17. The molecule has 0 amide bonds. The molecule has 1 rings (SSSR count). The van der Waals surface area contributed by atoms with Gasteiger partial charge in [-0.3, -0.25) is 0 Å². The highest BCUT2D eigenvalue weighted by Gasteiger charge is 2.46. The molecule has 1 saturated carbocycles. The molecule has 0 bridgehead atoms. The Morgan fingerprint density at radius 1 is 1.47 bits per heavy atom. The second-order valence-corrected chi connectivity index (χ2v) is 5.65. The zero-order chi connectivity index (χ0) is 11.6. The lowest BCUT2D eigenvalue weighted by Gasteiger charge is -2.49. The van der Waals surface area contributed by atoms with Crippen LogP contribution in [-0.4, -0.2) is 48.3 Å². The van der Waals surface area contributed by atoms with Crippen LogP contribution in [0.15, 0.2) is 0 Å². The highest BCUT2D eigenvalue weighted by Crippen LogP contribution is 2.40. The van der Waals surface area contributed by atoms with E-state index in [0.717, 1.165) is 19.5 Å². The number of rotatable bonds is 5. The summed E-state index contributed by atoms with van der Waals surface area (Å²) >= 11 is 0. The smallest absolute Gasteiger partial charge is 0.0621 e. The van der Waals surface area contributed by atoms with Crippen molar-refractivity contribution >= 4 is 0 Å². The van der Waals surface area contributed by atoms with Crippen molar-refractivity contribution in [3.63, 3.8) is 0 Å². The zero-order valence-corrected chi connectivity index (χ0v) is 10.7. The molecule has 0 spiro atoms. The number of nitrogens with one attached hydrogen (secondary N) is 1. The van der Waals surface area contributed by atoms with Crippen molar-refractivity contribution in [3.8, 4) is 0 Å². The number of hydrogen-bond donors (Lipinski definition) is 2. The van der Waals surface area contributed by atoms with Crippen molar-refractivity contribution in [2.24, 2.45) is 5.41 Å². The normalized spacial score (nSPS) is 29.6. The van der Waals surface area contributed by atoms with E-state index in [2.05, 4.69) is 45.0 Å². The van der Waals surface area contributed by atoms with Crippen LogP contribution in [0.3, 0.4) is 0 Å². The van der Waals surface area contributed by atoms with Crippen molar-refractivity contribution in [2.45, 2.75) is 52.3 Å². The Morgan fingerprint density at radius 2 is 2.07 bits per heavy atom. The molecule has 15 heavy (non-hydrogen) atoms. The van der Waals surface area contributed by atoms with Gasteiger partial charge in [0.2, 0.25) is 0 Å². The Morgan fingerprint density at radius 3 is 2.47 bits per heavy atom. The van der Waals surface area contributed by atoms with Gasteiger partial charge in [0.05, 0.1) is 6.10 Å². The van der Waals surface area contributed by atoms with E-state index in [0.29, 0.717) is 12.1 Å². The first-order valence-corrected chi connectivity index (χ1v) is 5.97. The van der Waals surface area contributed by atoms with Gasteiger partial charge in [-0.1, -0.05) is 13.8 Å². The fourth-order valence-electron chi connectivity index (χ4n) is 1.92. The summed E-state index contributed by atoms with van der Waals surface area (Å²) < 4.78 is 0.